The number of carbonyl (C=O) groups is 1. The van der Waals surface area contributed by atoms with E-state index in [9.17, 15) is 9.90 Å². The maximum Gasteiger partial charge on any atom is 0.232 e. The van der Waals surface area contributed by atoms with Crippen LogP contribution in [-0.2, 0) is 4.79 Å². The number of rotatable bonds is 4. The molecule has 3 heteroatoms. The first-order chi connectivity index (χ1) is 11.6. The fourth-order valence-corrected chi connectivity index (χ4v) is 2.98. The van der Waals surface area contributed by atoms with Gasteiger partial charge in [-0.05, 0) is 21.9 Å². The van der Waals surface area contributed by atoms with Gasteiger partial charge in [0.25, 0.3) is 0 Å². The van der Waals surface area contributed by atoms with Gasteiger partial charge in [0.05, 0.1) is 12.0 Å². The van der Waals surface area contributed by atoms with Crippen LogP contribution in [0.1, 0.15) is 23.1 Å². The first kappa shape index (κ1) is 16.2. The molecule has 122 valence electrons. The molecule has 3 nitrogen and oxygen atoms in total. The Labute approximate surface area is 142 Å². The Hall–Kier alpha value is -2.65. The van der Waals surface area contributed by atoms with Gasteiger partial charge in [0.2, 0.25) is 5.91 Å². The quantitative estimate of drug-likeness (QED) is 0.796. The summed E-state index contributed by atoms with van der Waals surface area (Å²) >= 11 is 0. The second kappa shape index (κ2) is 6.85. The van der Waals surface area contributed by atoms with Crippen LogP contribution < -0.4 is 0 Å². The van der Waals surface area contributed by atoms with Crippen LogP contribution in [0.3, 0.4) is 0 Å². The average molecular weight is 319 g/mol. The molecule has 0 spiro atoms. The lowest BCUT2D eigenvalue weighted by molar-refractivity contribution is -0.133. The zero-order valence-electron chi connectivity index (χ0n) is 13.9. The van der Waals surface area contributed by atoms with Gasteiger partial charge in [-0.3, -0.25) is 4.79 Å². The second-order valence-electron chi connectivity index (χ2n) is 6.17. The predicted octanol–water partition coefficient (Wildman–Crippen LogP) is 3.75. The number of nitrogens with zero attached hydrogens (tertiary/aromatic N) is 1. The monoisotopic (exact) mass is 319 g/mol. The van der Waals surface area contributed by atoms with E-state index in [1.54, 1.807) is 14.1 Å². The van der Waals surface area contributed by atoms with E-state index >= 15 is 0 Å². The SMILES string of the molecule is CN(C)C(=O)[C@@H](c1ccc2ccccc2c1)[C@@H](O)c1ccccc1. The maximum absolute atomic E-state index is 12.8. The van der Waals surface area contributed by atoms with Gasteiger partial charge < -0.3 is 10.0 Å². The van der Waals surface area contributed by atoms with E-state index in [0.717, 1.165) is 21.9 Å². The van der Waals surface area contributed by atoms with E-state index in [4.69, 9.17) is 0 Å². The highest BCUT2D eigenvalue weighted by molar-refractivity contribution is 5.88. The zero-order chi connectivity index (χ0) is 17.1. The molecule has 0 bridgehead atoms. The first-order valence-electron chi connectivity index (χ1n) is 8.01. The standard InChI is InChI=1S/C21H21NO2/c1-22(2)21(24)19(20(23)16-9-4-3-5-10-16)18-13-12-15-8-6-7-11-17(15)14-18/h3-14,19-20,23H,1-2H3/t19-,20-/m0/s1. The molecular weight excluding hydrogens is 298 g/mol. The lowest BCUT2D eigenvalue weighted by Crippen LogP contribution is -2.32. The van der Waals surface area contributed by atoms with Gasteiger partial charge in [-0.15, -0.1) is 0 Å². The van der Waals surface area contributed by atoms with Crippen molar-refractivity contribution in [1.29, 1.82) is 0 Å². The van der Waals surface area contributed by atoms with Crippen molar-refractivity contribution in [3.05, 3.63) is 83.9 Å². The topological polar surface area (TPSA) is 40.5 Å². The second-order valence-corrected chi connectivity index (χ2v) is 6.17. The Kier molecular flexibility index (Phi) is 4.63. The Bertz CT molecular complexity index is 843. The summed E-state index contributed by atoms with van der Waals surface area (Å²) in [6.07, 6.45) is -0.887. The molecular formula is C21H21NO2. The number of fused-ring (bicyclic) bond motifs is 1. The molecule has 0 unspecified atom stereocenters. The highest BCUT2D eigenvalue weighted by Crippen LogP contribution is 2.33. The molecule has 3 aromatic carbocycles. The van der Waals surface area contributed by atoms with Crippen LogP contribution in [0, 0.1) is 0 Å². The summed E-state index contributed by atoms with van der Waals surface area (Å²) < 4.78 is 0. The van der Waals surface area contributed by atoms with Crippen LogP contribution in [-0.4, -0.2) is 30.0 Å². The minimum atomic E-state index is -0.887. The summed E-state index contributed by atoms with van der Waals surface area (Å²) in [5.74, 6) is -0.742. The van der Waals surface area contributed by atoms with Crippen molar-refractivity contribution in [3.63, 3.8) is 0 Å². The third-order valence-electron chi connectivity index (χ3n) is 4.30. The van der Waals surface area contributed by atoms with E-state index in [0.29, 0.717) is 0 Å². The molecule has 1 amide bonds. The summed E-state index contributed by atoms with van der Waals surface area (Å²) in [5, 5.41) is 13.1. The molecule has 0 aliphatic heterocycles. The normalized spacial score (nSPS) is 13.5. The van der Waals surface area contributed by atoms with Crippen LogP contribution in [0.2, 0.25) is 0 Å². The summed E-state index contributed by atoms with van der Waals surface area (Å²) in [6.45, 7) is 0. The maximum atomic E-state index is 12.8. The van der Waals surface area contributed by atoms with Crippen LogP contribution in [0.4, 0.5) is 0 Å². The van der Waals surface area contributed by atoms with Crippen LogP contribution in [0.25, 0.3) is 10.8 Å². The van der Waals surface area contributed by atoms with Crippen molar-refractivity contribution in [2.45, 2.75) is 12.0 Å². The Balaban J connectivity index is 2.08. The molecule has 24 heavy (non-hydrogen) atoms. The molecule has 3 aromatic rings. The molecule has 2 atom stereocenters. The minimum Gasteiger partial charge on any atom is -0.387 e. The lowest BCUT2D eigenvalue weighted by atomic mass is 9.87. The van der Waals surface area contributed by atoms with Crippen molar-refractivity contribution in [1.82, 2.24) is 4.90 Å². The largest absolute Gasteiger partial charge is 0.387 e. The van der Waals surface area contributed by atoms with Crippen molar-refractivity contribution in [2.75, 3.05) is 14.1 Å². The number of hydrogen-bond acceptors (Lipinski definition) is 2. The lowest BCUT2D eigenvalue weighted by Gasteiger charge is -2.26. The number of aliphatic hydroxyl groups is 1. The highest BCUT2D eigenvalue weighted by atomic mass is 16.3. The molecule has 0 aliphatic rings. The van der Waals surface area contributed by atoms with Crippen LogP contribution in [0.15, 0.2) is 72.8 Å². The summed E-state index contributed by atoms with van der Waals surface area (Å²) in [4.78, 5) is 14.3. The number of hydrogen-bond donors (Lipinski definition) is 1. The fourth-order valence-electron chi connectivity index (χ4n) is 2.98. The van der Waals surface area contributed by atoms with Gasteiger partial charge in [0.1, 0.15) is 0 Å². The predicted molar refractivity (Wildman–Crippen MR) is 96.8 cm³/mol. The Morgan fingerprint density at radius 1 is 0.833 bits per heavy atom. The minimum absolute atomic E-state index is 0.110. The number of carbonyl (C=O) groups excluding carboxylic acids is 1. The van der Waals surface area contributed by atoms with Crippen molar-refractivity contribution < 1.29 is 9.90 Å². The van der Waals surface area contributed by atoms with Crippen molar-refractivity contribution >= 4 is 16.7 Å². The number of amides is 1. The number of likely N-dealkylation sites (N-methyl/N-ethyl adjacent to an activating group) is 1. The van der Waals surface area contributed by atoms with E-state index in [-0.39, 0.29) is 5.91 Å². The molecule has 0 heterocycles. The van der Waals surface area contributed by atoms with Gasteiger partial charge in [-0.1, -0.05) is 72.8 Å². The van der Waals surface area contributed by atoms with E-state index in [1.807, 2.05) is 72.8 Å². The van der Waals surface area contributed by atoms with E-state index in [1.165, 1.54) is 4.90 Å². The van der Waals surface area contributed by atoms with Gasteiger partial charge >= 0.3 is 0 Å². The summed E-state index contributed by atoms with van der Waals surface area (Å²) in [6, 6.07) is 23.3. The zero-order valence-corrected chi connectivity index (χ0v) is 13.9. The van der Waals surface area contributed by atoms with E-state index < -0.39 is 12.0 Å². The molecule has 0 radical (unpaired) electrons. The smallest absolute Gasteiger partial charge is 0.232 e. The third-order valence-corrected chi connectivity index (χ3v) is 4.30. The van der Waals surface area contributed by atoms with Gasteiger partial charge in [-0.2, -0.15) is 0 Å². The molecule has 1 N–H and O–H groups in total. The summed E-state index contributed by atoms with van der Waals surface area (Å²) in [7, 11) is 3.43. The fraction of sp³-hybridized carbons (Fsp3) is 0.190. The highest BCUT2D eigenvalue weighted by Gasteiger charge is 2.31. The molecule has 0 fully saturated rings. The van der Waals surface area contributed by atoms with E-state index in [2.05, 4.69) is 0 Å². The third kappa shape index (κ3) is 3.17. The number of aliphatic hydroxyl groups excluding tert-OH is 1. The molecule has 3 rings (SSSR count). The van der Waals surface area contributed by atoms with Gasteiger partial charge in [0.15, 0.2) is 0 Å². The average Bonchev–Trinajstić information content (AvgIpc) is 2.62. The van der Waals surface area contributed by atoms with Crippen molar-refractivity contribution in [2.24, 2.45) is 0 Å². The molecule has 0 saturated carbocycles. The molecule has 0 saturated heterocycles. The first-order valence-corrected chi connectivity index (χ1v) is 8.01. The number of benzene rings is 3. The summed E-state index contributed by atoms with van der Waals surface area (Å²) in [5.41, 5.74) is 1.56. The van der Waals surface area contributed by atoms with Crippen molar-refractivity contribution in [3.8, 4) is 0 Å². The van der Waals surface area contributed by atoms with Gasteiger partial charge in [-0.25, -0.2) is 0 Å². The molecule has 0 aliphatic carbocycles. The Morgan fingerprint density at radius 2 is 1.46 bits per heavy atom. The van der Waals surface area contributed by atoms with Gasteiger partial charge in [0, 0.05) is 14.1 Å². The Morgan fingerprint density at radius 3 is 2.12 bits per heavy atom. The van der Waals surface area contributed by atoms with Crippen LogP contribution >= 0.6 is 0 Å². The van der Waals surface area contributed by atoms with Crippen LogP contribution in [0.5, 0.6) is 0 Å². The molecule has 0 aromatic heterocycles.